The van der Waals surface area contributed by atoms with Crippen LogP contribution in [-0.2, 0) is 0 Å². The number of hydrogen-bond acceptors (Lipinski definition) is 0. The van der Waals surface area contributed by atoms with Crippen molar-refractivity contribution >= 4 is 0 Å². The molecule has 0 aliphatic heterocycles. The molecular weight excluding hydrogens is 180 g/mol. The summed E-state index contributed by atoms with van der Waals surface area (Å²) in [7, 11) is 0. The Morgan fingerprint density at radius 2 is 1.47 bits per heavy atom. The van der Waals surface area contributed by atoms with Crippen molar-refractivity contribution in [2.75, 3.05) is 0 Å². The average molecular weight is 212 g/mol. The van der Waals surface area contributed by atoms with Gasteiger partial charge in [-0.15, -0.1) is 0 Å². The standard InChI is InChI=1S/C15H32/c1-8-11-14(6,9-2)12-15(7,10-3)13(4)5/h13H,8-12H2,1-7H3. The molecule has 0 aromatic heterocycles. The largest absolute Gasteiger partial charge is 0.0654 e. The smallest absolute Gasteiger partial charge is 0.0300 e. The first-order valence-corrected chi connectivity index (χ1v) is 6.83. The van der Waals surface area contributed by atoms with Crippen molar-refractivity contribution in [2.24, 2.45) is 16.7 Å². The molecule has 92 valence electrons. The van der Waals surface area contributed by atoms with Gasteiger partial charge in [-0.3, -0.25) is 0 Å². The normalized spacial score (nSPS) is 20.0. The van der Waals surface area contributed by atoms with Crippen molar-refractivity contribution < 1.29 is 0 Å². The van der Waals surface area contributed by atoms with Gasteiger partial charge in [0.2, 0.25) is 0 Å². The van der Waals surface area contributed by atoms with Crippen molar-refractivity contribution in [3.05, 3.63) is 0 Å². The van der Waals surface area contributed by atoms with E-state index >= 15 is 0 Å². The fourth-order valence-corrected chi connectivity index (χ4v) is 2.71. The Morgan fingerprint density at radius 3 is 1.73 bits per heavy atom. The second kappa shape index (κ2) is 5.92. The van der Waals surface area contributed by atoms with Gasteiger partial charge in [-0.25, -0.2) is 0 Å². The number of hydrogen-bond donors (Lipinski definition) is 0. The van der Waals surface area contributed by atoms with E-state index in [4.69, 9.17) is 0 Å². The molecule has 0 saturated carbocycles. The zero-order chi connectivity index (χ0) is 12.1. The third kappa shape index (κ3) is 4.17. The van der Waals surface area contributed by atoms with Gasteiger partial charge in [0, 0.05) is 0 Å². The lowest BCUT2D eigenvalue weighted by molar-refractivity contribution is 0.0924. The molecule has 0 aliphatic carbocycles. The molecule has 15 heavy (non-hydrogen) atoms. The molecule has 0 heterocycles. The summed E-state index contributed by atoms with van der Waals surface area (Å²) in [5.74, 6) is 0.797. The quantitative estimate of drug-likeness (QED) is 0.510. The van der Waals surface area contributed by atoms with E-state index in [1.807, 2.05) is 0 Å². The highest BCUT2D eigenvalue weighted by Gasteiger charge is 2.34. The van der Waals surface area contributed by atoms with Crippen LogP contribution in [0.15, 0.2) is 0 Å². The summed E-state index contributed by atoms with van der Waals surface area (Å²) in [5, 5.41) is 0. The maximum atomic E-state index is 2.48. The molecule has 0 bridgehead atoms. The summed E-state index contributed by atoms with van der Waals surface area (Å²) >= 11 is 0. The van der Waals surface area contributed by atoms with Crippen LogP contribution < -0.4 is 0 Å². The Hall–Kier alpha value is 0. The van der Waals surface area contributed by atoms with Crippen molar-refractivity contribution in [1.29, 1.82) is 0 Å². The number of rotatable bonds is 7. The molecule has 0 radical (unpaired) electrons. The second-order valence-corrected chi connectivity index (χ2v) is 6.25. The Labute approximate surface area is 97.8 Å². The summed E-state index contributed by atoms with van der Waals surface area (Å²) < 4.78 is 0. The van der Waals surface area contributed by atoms with E-state index in [0.29, 0.717) is 10.8 Å². The zero-order valence-electron chi connectivity index (χ0n) is 12.1. The Kier molecular flexibility index (Phi) is 5.92. The first-order valence-electron chi connectivity index (χ1n) is 6.83. The van der Waals surface area contributed by atoms with Crippen LogP contribution in [0, 0.1) is 16.7 Å². The van der Waals surface area contributed by atoms with Crippen LogP contribution >= 0.6 is 0 Å². The molecule has 0 N–H and O–H groups in total. The van der Waals surface area contributed by atoms with Gasteiger partial charge in [0.15, 0.2) is 0 Å². The van der Waals surface area contributed by atoms with Gasteiger partial charge < -0.3 is 0 Å². The third-order valence-electron chi connectivity index (χ3n) is 4.74. The molecule has 0 spiro atoms. The van der Waals surface area contributed by atoms with Crippen LogP contribution in [-0.4, -0.2) is 0 Å². The molecule has 0 aliphatic rings. The molecule has 0 saturated heterocycles. The first-order chi connectivity index (χ1) is 6.83. The third-order valence-corrected chi connectivity index (χ3v) is 4.74. The van der Waals surface area contributed by atoms with Crippen molar-refractivity contribution in [2.45, 2.75) is 80.6 Å². The fourth-order valence-electron chi connectivity index (χ4n) is 2.71. The van der Waals surface area contributed by atoms with Gasteiger partial charge in [0.1, 0.15) is 0 Å². The van der Waals surface area contributed by atoms with Gasteiger partial charge in [-0.2, -0.15) is 0 Å². The van der Waals surface area contributed by atoms with Gasteiger partial charge in [-0.1, -0.05) is 67.7 Å². The molecule has 0 aromatic rings. The van der Waals surface area contributed by atoms with E-state index in [1.165, 1.54) is 32.1 Å². The van der Waals surface area contributed by atoms with Crippen LogP contribution in [0.25, 0.3) is 0 Å². The minimum absolute atomic E-state index is 0.528. The molecule has 0 aromatic carbocycles. The minimum atomic E-state index is 0.528. The molecular formula is C15H32. The fraction of sp³-hybridized carbons (Fsp3) is 1.00. The highest BCUT2D eigenvalue weighted by molar-refractivity contribution is 4.85. The lowest BCUT2D eigenvalue weighted by atomic mass is 9.64. The Morgan fingerprint density at radius 1 is 0.933 bits per heavy atom. The maximum absolute atomic E-state index is 2.48. The van der Waals surface area contributed by atoms with E-state index in [-0.39, 0.29) is 0 Å². The lowest BCUT2D eigenvalue weighted by Crippen LogP contribution is -2.31. The summed E-state index contributed by atoms with van der Waals surface area (Å²) in [6.07, 6.45) is 6.72. The average Bonchev–Trinajstić information content (AvgIpc) is 2.17. The highest BCUT2D eigenvalue weighted by atomic mass is 14.4. The van der Waals surface area contributed by atoms with Gasteiger partial charge in [0.05, 0.1) is 0 Å². The van der Waals surface area contributed by atoms with Crippen LogP contribution in [0.3, 0.4) is 0 Å². The van der Waals surface area contributed by atoms with Gasteiger partial charge in [-0.05, 0) is 29.6 Å². The van der Waals surface area contributed by atoms with Gasteiger partial charge in [0.25, 0.3) is 0 Å². The molecule has 0 rings (SSSR count). The molecule has 2 atom stereocenters. The molecule has 0 amide bonds. The molecule has 2 unspecified atom stereocenters. The molecule has 0 fully saturated rings. The van der Waals surface area contributed by atoms with Crippen LogP contribution in [0.4, 0.5) is 0 Å². The van der Waals surface area contributed by atoms with Crippen LogP contribution in [0.2, 0.25) is 0 Å². The highest BCUT2D eigenvalue weighted by Crippen LogP contribution is 2.45. The van der Waals surface area contributed by atoms with Crippen molar-refractivity contribution in [3.8, 4) is 0 Å². The summed E-state index contributed by atoms with van der Waals surface area (Å²) in [6.45, 7) is 16.7. The predicted molar refractivity (Wildman–Crippen MR) is 71.2 cm³/mol. The van der Waals surface area contributed by atoms with Crippen molar-refractivity contribution in [3.63, 3.8) is 0 Å². The summed E-state index contributed by atoms with van der Waals surface area (Å²) in [5.41, 5.74) is 1.09. The van der Waals surface area contributed by atoms with Crippen LogP contribution in [0.5, 0.6) is 0 Å². The Bertz CT molecular complexity index is 171. The first kappa shape index (κ1) is 15.0. The predicted octanol–water partition coefficient (Wildman–Crippen LogP) is 5.67. The van der Waals surface area contributed by atoms with E-state index < -0.39 is 0 Å². The van der Waals surface area contributed by atoms with E-state index in [9.17, 15) is 0 Å². The maximum Gasteiger partial charge on any atom is -0.0300 e. The SMILES string of the molecule is CCCC(C)(CC)CC(C)(CC)C(C)C. The van der Waals surface area contributed by atoms with Crippen LogP contribution in [0.1, 0.15) is 80.6 Å². The lowest BCUT2D eigenvalue weighted by Gasteiger charge is -2.41. The van der Waals surface area contributed by atoms with E-state index in [1.54, 1.807) is 0 Å². The molecule has 0 nitrogen and oxygen atoms in total. The monoisotopic (exact) mass is 212 g/mol. The van der Waals surface area contributed by atoms with E-state index in [2.05, 4.69) is 48.5 Å². The second-order valence-electron chi connectivity index (χ2n) is 6.25. The van der Waals surface area contributed by atoms with E-state index in [0.717, 1.165) is 5.92 Å². The van der Waals surface area contributed by atoms with Crippen molar-refractivity contribution in [1.82, 2.24) is 0 Å². The van der Waals surface area contributed by atoms with Gasteiger partial charge >= 0.3 is 0 Å². The zero-order valence-corrected chi connectivity index (χ0v) is 12.1. The topological polar surface area (TPSA) is 0 Å². The Balaban J connectivity index is 4.63. The molecule has 0 heteroatoms. The minimum Gasteiger partial charge on any atom is -0.0654 e. The summed E-state index contributed by atoms with van der Waals surface area (Å²) in [6, 6.07) is 0. The summed E-state index contributed by atoms with van der Waals surface area (Å²) in [4.78, 5) is 0.